The van der Waals surface area contributed by atoms with E-state index in [1.807, 2.05) is 5.38 Å². The molecule has 120 valence electrons. The van der Waals surface area contributed by atoms with Gasteiger partial charge in [-0.05, 0) is 36.6 Å². The Balaban J connectivity index is 2.10. The van der Waals surface area contributed by atoms with Crippen LogP contribution in [0.4, 0.5) is 13.2 Å². The van der Waals surface area contributed by atoms with Crippen molar-refractivity contribution >= 4 is 22.2 Å². The molecule has 2 nitrogen and oxygen atoms in total. The molecular formula is C17H15F3N2S. The van der Waals surface area contributed by atoms with Gasteiger partial charge in [0.25, 0.3) is 0 Å². The van der Waals surface area contributed by atoms with Crippen LogP contribution in [0.2, 0.25) is 0 Å². The topological polar surface area (TPSA) is 25.8 Å². The molecule has 3 aromatic rings. The van der Waals surface area contributed by atoms with E-state index in [-0.39, 0.29) is 0 Å². The molecule has 0 unspecified atom stereocenters. The van der Waals surface area contributed by atoms with E-state index in [1.54, 1.807) is 19.1 Å². The predicted molar refractivity (Wildman–Crippen MR) is 86.7 cm³/mol. The summed E-state index contributed by atoms with van der Waals surface area (Å²) in [6.45, 7) is 5.78. The Morgan fingerprint density at radius 1 is 1.09 bits per heavy atom. The molecule has 3 rings (SSSR count). The lowest BCUT2D eigenvalue weighted by Crippen LogP contribution is -2.05. The Morgan fingerprint density at radius 2 is 1.83 bits per heavy atom. The molecule has 6 heteroatoms. The van der Waals surface area contributed by atoms with Gasteiger partial charge in [0.05, 0.1) is 22.5 Å². The van der Waals surface area contributed by atoms with E-state index in [0.29, 0.717) is 28.1 Å². The highest BCUT2D eigenvalue weighted by molar-refractivity contribution is 7.13. The molecule has 0 saturated carbocycles. The van der Waals surface area contributed by atoms with Gasteiger partial charge in [-0.25, -0.2) is 9.97 Å². The highest BCUT2D eigenvalue weighted by atomic mass is 32.1. The SMILES string of the molecule is Cc1cc(C(F)(F)F)cc2ccc(-c3nc(C(C)C)cs3)nc12. The van der Waals surface area contributed by atoms with Gasteiger partial charge in [-0.3, -0.25) is 0 Å². The van der Waals surface area contributed by atoms with Gasteiger partial charge in [0, 0.05) is 10.8 Å². The first-order chi connectivity index (χ1) is 10.8. The maximum Gasteiger partial charge on any atom is 0.416 e. The molecule has 0 fully saturated rings. The van der Waals surface area contributed by atoms with E-state index >= 15 is 0 Å². The molecule has 0 amide bonds. The lowest BCUT2D eigenvalue weighted by molar-refractivity contribution is -0.137. The summed E-state index contributed by atoms with van der Waals surface area (Å²) in [4.78, 5) is 9.07. The molecule has 0 atom stereocenters. The number of pyridine rings is 1. The van der Waals surface area contributed by atoms with Gasteiger partial charge >= 0.3 is 6.18 Å². The minimum absolute atomic E-state index is 0.330. The van der Waals surface area contributed by atoms with Crippen LogP contribution in [0.15, 0.2) is 29.6 Å². The van der Waals surface area contributed by atoms with Gasteiger partial charge in [-0.2, -0.15) is 13.2 Å². The van der Waals surface area contributed by atoms with Crippen molar-refractivity contribution in [1.29, 1.82) is 0 Å². The fourth-order valence-corrected chi connectivity index (χ4v) is 3.31. The van der Waals surface area contributed by atoms with E-state index in [0.717, 1.165) is 22.8 Å². The fourth-order valence-electron chi connectivity index (χ4n) is 2.36. The monoisotopic (exact) mass is 336 g/mol. The average Bonchev–Trinajstić information content (AvgIpc) is 2.96. The molecule has 0 radical (unpaired) electrons. The molecule has 2 heterocycles. The van der Waals surface area contributed by atoms with E-state index < -0.39 is 11.7 Å². The maximum atomic E-state index is 12.9. The van der Waals surface area contributed by atoms with Crippen molar-refractivity contribution in [2.45, 2.75) is 32.9 Å². The molecule has 0 aliphatic heterocycles. The first kappa shape index (κ1) is 15.9. The van der Waals surface area contributed by atoms with Crippen LogP contribution < -0.4 is 0 Å². The summed E-state index contributed by atoms with van der Waals surface area (Å²) < 4.78 is 38.7. The first-order valence-corrected chi connectivity index (χ1v) is 8.08. The van der Waals surface area contributed by atoms with Crippen molar-refractivity contribution in [2.75, 3.05) is 0 Å². The summed E-state index contributed by atoms with van der Waals surface area (Å²) in [5.74, 6) is 0.330. The summed E-state index contributed by atoms with van der Waals surface area (Å²) >= 11 is 1.50. The van der Waals surface area contributed by atoms with Gasteiger partial charge in [0.2, 0.25) is 0 Å². The van der Waals surface area contributed by atoms with Crippen LogP contribution in [0.5, 0.6) is 0 Å². The second kappa shape index (κ2) is 5.60. The average molecular weight is 336 g/mol. The molecule has 0 bridgehead atoms. The van der Waals surface area contributed by atoms with Crippen molar-refractivity contribution in [3.05, 3.63) is 46.5 Å². The first-order valence-electron chi connectivity index (χ1n) is 7.20. The van der Waals surface area contributed by atoms with Crippen LogP contribution >= 0.6 is 11.3 Å². The Morgan fingerprint density at radius 3 is 2.43 bits per heavy atom. The molecule has 0 saturated heterocycles. The van der Waals surface area contributed by atoms with Gasteiger partial charge < -0.3 is 0 Å². The van der Waals surface area contributed by atoms with E-state index in [2.05, 4.69) is 23.8 Å². The zero-order valence-corrected chi connectivity index (χ0v) is 13.7. The van der Waals surface area contributed by atoms with E-state index in [9.17, 15) is 13.2 Å². The Labute approximate surface area is 136 Å². The smallest absolute Gasteiger partial charge is 0.245 e. The molecule has 0 aliphatic carbocycles. The molecule has 23 heavy (non-hydrogen) atoms. The van der Waals surface area contributed by atoms with Crippen molar-refractivity contribution < 1.29 is 13.2 Å². The van der Waals surface area contributed by atoms with E-state index in [4.69, 9.17) is 0 Å². The number of halogens is 3. The summed E-state index contributed by atoms with van der Waals surface area (Å²) in [5.41, 5.74) is 2.14. The zero-order valence-electron chi connectivity index (χ0n) is 12.9. The number of rotatable bonds is 2. The number of alkyl halides is 3. The summed E-state index contributed by atoms with van der Waals surface area (Å²) in [6.07, 6.45) is -4.35. The summed E-state index contributed by atoms with van der Waals surface area (Å²) in [7, 11) is 0. The molecule has 1 aromatic carbocycles. The van der Waals surface area contributed by atoms with Crippen LogP contribution in [0.3, 0.4) is 0 Å². The van der Waals surface area contributed by atoms with Crippen LogP contribution in [0.25, 0.3) is 21.6 Å². The number of hydrogen-bond acceptors (Lipinski definition) is 3. The minimum Gasteiger partial charge on any atom is -0.245 e. The van der Waals surface area contributed by atoms with Crippen LogP contribution in [0.1, 0.15) is 36.6 Å². The summed E-state index contributed by atoms with van der Waals surface area (Å²) in [5, 5.41) is 3.27. The Bertz CT molecular complexity index is 866. The third-order valence-electron chi connectivity index (χ3n) is 3.64. The number of aromatic nitrogens is 2. The van der Waals surface area contributed by atoms with Gasteiger partial charge in [-0.15, -0.1) is 11.3 Å². The Hall–Kier alpha value is -1.95. The second-order valence-electron chi connectivity index (χ2n) is 5.79. The lowest BCUT2D eigenvalue weighted by atomic mass is 10.1. The number of hydrogen-bond donors (Lipinski definition) is 0. The molecule has 0 aliphatic rings. The standard InChI is InChI=1S/C17H15F3N2S/c1-9(2)14-8-23-16(22-14)13-5-4-11-7-12(17(18,19)20)6-10(3)15(11)21-13/h4-9H,1-3H3. The van der Waals surface area contributed by atoms with Crippen molar-refractivity contribution in [1.82, 2.24) is 9.97 Å². The lowest BCUT2D eigenvalue weighted by Gasteiger charge is -2.10. The number of aryl methyl sites for hydroxylation is 1. The number of fused-ring (bicyclic) bond motifs is 1. The zero-order chi connectivity index (χ0) is 16.8. The third-order valence-corrected chi connectivity index (χ3v) is 4.53. The number of benzene rings is 1. The number of thiazole rings is 1. The van der Waals surface area contributed by atoms with E-state index in [1.165, 1.54) is 11.3 Å². The quantitative estimate of drug-likeness (QED) is 0.590. The molecule has 0 spiro atoms. The minimum atomic E-state index is -4.35. The Kier molecular flexibility index (Phi) is 3.88. The highest BCUT2D eigenvalue weighted by Gasteiger charge is 2.31. The normalized spacial score (nSPS) is 12.3. The van der Waals surface area contributed by atoms with Crippen LogP contribution in [-0.2, 0) is 6.18 Å². The predicted octanol–water partition coefficient (Wildman–Crippen LogP) is 5.81. The van der Waals surface area contributed by atoms with Crippen molar-refractivity contribution in [3.8, 4) is 10.7 Å². The van der Waals surface area contributed by atoms with Crippen LogP contribution in [0, 0.1) is 6.92 Å². The largest absolute Gasteiger partial charge is 0.416 e. The maximum absolute atomic E-state index is 12.9. The molecule has 0 N–H and O–H groups in total. The fraction of sp³-hybridized carbons (Fsp3) is 0.294. The number of nitrogens with zero attached hydrogens (tertiary/aromatic N) is 2. The van der Waals surface area contributed by atoms with Gasteiger partial charge in [0.15, 0.2) is 0 Å². The summed E-state index contributed by atoms with van der Waals surface area (Å²) in [6, 6.07) is 5.68. The highest BCUT2D eigenvalue weighted by Crippen LogP contribution is 2.34. The van der Waals surface area contributed by atoms with Crippen LogP contribution in [-0.4, -0.2) is 9.97 Å². The third kappa shape index (κ3) is 3.08. The molecular weight excluding hydrogens is 321 g/mol. The van der Waals surface area contributed by atoms with Gasteiger partial charge in [-0.1, -0.05) is 19.9 Å². The van der Waals surface area contributed by atoms with Crippen molar-refractivity contribution in [3.63, 3.8) is 0 Å². The molecule has 2 aromatic heterocycles. The van der Waals surface area contributed by atoms with Crippen molar-refractivity contribution in [2.24, 2.45) is 0 Å². The second-order valence-corrected chi connectivity index (χ2v) is 6.65. The van der Waals surface area contributed by atoms with Gasteiger partial charge in [0.1, 0.15) is 5.01 Å².